The van der Waals surface area contributed by atoms with Crippen molar-refractivity contribution in [3.63, 3.8) is 0 Å². The van der Waals surface area contributed by atoms with E-state index in [1.165, 1.54) is 11.1 Å². The van der Waals surface area contributed by atoms with Crippen LogP contribution < -0.4 is 0 Å². The summed E-state index contributed by atoms with van der Waals surface area (Å²) in [5, 5.41) is 0. The van der Waals surface area contributed by atoms with Gasteiger partial charge >= 0.3 is 6.03 Å². The molecule has 0 aromatic heterocycles. The van der Waals surface area contributed by atoms with Gasteiger partial charge < -0.3 is 24.3 Å². The highest BCUT2D eigenvalue weighted by Gasteiger charge is 2.46. The predicted octanol–water partition coefficient (Wildman–Crippen LogP) is 2.12. The topological polar surface area (TPSA) is 56.3 Å². The zero-order chi connectivity index (χ0) is 22.1. The quantitative estimate of drug-likeness (QED) is 0.707. The lowest BCUT2D eigenvalue weighted by atomic mass is 9.73. The molecule has 1 unspecified atom stereocenters. The molecule has 3 amide bonds. The molecule has 0 N–H and O–H groups in total. The van der Waals surface area contributed by atoms with Crippen molar-refractivity contribution < 1.29 is 14.3 Å². The summed E-state index contributed by atoms with van der Waals surface area (Å²) in [6.45, 7) is 7.86. The number of nitrogens with zero attached hydrogens (tertiary/aromatic N) is 4. The summed E-state index contributed by atoms with van der Waals surface area (Å²) >= 11 is 0. The Bertz CT molecular complexity index is 837. The third kappa shape index (κ3) is 4.13. The molecule has 7 nitrogen and oxygen atoms in total. The summed E-state index contributed by atoms with van der Waals surface area (Å²) < 4.78 is 5.40. The zero-order valence-electron chi connectivity index (χ0n) is 19.3. The molecule has 3 aliphatic heterocycles. The number of piperidine rings is 1. The van der Waals surface area contributed by atoms with Crippen LogP contribution >= 0.6 is 0 Å². The second-order valence-electron chi connectivity index (χ2n) is 10.0. The fourth-order valence-corrected chi connectivity index (χ4v) is 6.16. The SMILES string of the molecule is CN1CCN(C(=O)CC2CC3(CCN(C(=O)N4CCOCC4)CC3)c3ccccc32)CC1. The summed E-state index contributed by atoms with van der Waals surface area (Å²) in [6, 6.07) is 8.92. The third-order valence-electron chi connectivity index (χ3n) is 8.16. The van der Waals surface area contributed by atoms with Crippen molar-refractivity contribution in [1.29, 1.82) is 0 Å². The second kappa shape index (κ2) is 9.02. The van der Waals surface area contributed by atoms with E-state index in [9.17, 15) is 9.59 Å². The minimum absolute atomic E-state index is 0.103. The van der Waals surface area contributed by atoms with Crippen LogP contribution in [0.25, 0.3) is 0 Å². The number of piperazine rings is 1. The maximum atomic E-state index is 13.1. The number of amides is 3. The minimum Gasteiger partial charge on any atom is -0.378 e. The monoisotopic (exact) mass is 440 g/mol. The molecule has 7 heteroatoms. The Labute approximate surface area is 191 Å². The molecule has 0 radical (unpaired) electrons. The number of carbonyl (C=O) groups excluding carboxylic acids is 2. The summed E-state index contributed by atoms with van der Waals surface area (Å²) in [7, 11) is 2.12. The maximum absolute atomic E-state index is 13.1. The molecule has 32 heavy (non-hydrogen) atoms. The van der Waals surface area contributed by atoms with Crippen molar-refractivity contribution in [3.05, 3.63) is 35.4 Å². The summed E-state index contributed by atoms with van der Waals surface area (Å²) in [5.41, 5.74) is 2.89. The zero-order valence-corrected chi connectivity index (χ0v) is 19.3. The molecule has 1 spiro atoms. The van der Waals surface area contributed by atoms with Gasteiger partial charge in [0.1, 0.15) is 0 Å². The molecule has 4 aliphatic rings. The lowest BCUT2D eigenvalue weighted by Crippen LogP contribution is -2.52. The first-order valence-electron chi connectivity index (χ1n) is 12.2. The van der Waals surface area contributed by atoms with E-state index in [0.717, 1.165) is 58.5 Å². The van der Waals surface area contributed by atoms with E-state index in [1.54, 1.807) is 0 Å². The molecule has 3 fully saturated rings. The lowest BCUT2D eigenvalue weighted by Gasteiger charge is -2.42. The molecule has 3 heterocycles. The molecule has 0 saturated carbocycles. The number of carbonyl (C=O) groups is 2. The van der Waals surface area contributed by atoms with E-state index in [1.807, 2.05) is 9.80 Å². The van der Waals surface area contributed by atoms with Crippen LogP contribution in [0.4, 0.5) is 4.79 Å². The number of likely N-dealkylation sites (N-methyl/N-ethyl adjacent to an activating group) is 1. The van der Waals surface area contributed by atoms with Crippen LogP contribution in [0.5, 0.6) is 0 Å². The number of rotatable bonds is 2. The van der Waals surface area contributed by atoms with Gasteiger partial charge in [0.2, 0.25) is 5.91 Å². The highest BCUT2D eigenvalue weighted by Crippen LogP contribution is 2.52. The van der Waals surface area contributed by atoms with Gasteiger partial charge in [-0.05, 0) is 48.8 Å². The molecular formula is C25H36N4O3. The van der Waals surface area contributed by atoms with Gasteiger partial charge in [-0.1, -0.05) is 24.3 Å². The van der Waals surface area contributed by atoms with Crippen LogP contribution in [0.2, 0.25) is 0 Å². The molecule has 5 rings (SSSR count). The molecule has 3 saturated heterocycles. The van der Waals surface area contributed by atoms with Gasteiger partial charge in [0, 0.05) is 58.8 Å². The maximum Gasteiger partial charge on any atom is 0.320 e. The Kier molecular flexibility index (Phi) is 6.12. The number of urea groups is 1. The molecular weight excluding hydrogens is 404 g/mol. The van der Waals surface area contributed by atoms with Gasteiger partial charge in [0.05, 0.1) is 13.2 Å². The normalized spacial score (nSPS) is 25.8. The number of hydrogen-bond acceptors (Lipinski definition) is 4. The van der Waals surface area contributed by atoms with Gasteiger partial charge in [-0.25, -0.2) is 4.79 Å². The van der Waals surface area contributed by atoms with E-state index in [0.29, 0.717) is 44.5 Å². The van der Waals surface area contributed by atoms with Gasteiger partial charge in [0.25, 0.3) is 0 Å². The average Bonchev–Trinajstić information content (AvgIpc) is 3.13. The fourth-order valence-electron chi connectivity index (χ4n) is 6.16. The number of ether oxygens (including phenoxy) is 1. The van der Waals surface area contributed by atoms with Gasteiger partial charge in [-0.2, -0.15) is 0 Å². The minimum atomic E-state index is 0.103. The molecule has 1 aliphatic carbocycles. The molecule has 1 aromatic carbocycles. The number of likely N-dealkylation sites (tertiary alicyclic amines) is 1. The first-order chi connectivity index (χ1) is 15.6. The largest absolute Gasteiger partial charge is 0.378 e. The van der Waals surface area contributed by atoms with E-state index in [-0.39, 0.29) is 11.4 Å². The van der Waals surface area contributed by atoms with Crippen molar-refractivity contribution in [3.8, 4) is 0 Å². The van der Waals surface area contributed by atoms with Gasteiger partial charge in [0.15, 0.2) is 0 Å². The number of fused-ring (bicyclic) bond motifs is 2. The first kappa shape index (κ1) is 21.7. The van der Waals surface area contributed by atoms with Crippen molar-refractivity contribution in [2.24, 2.45) is 0 Å². The van der Waals surface area contributed by atoms with Crippen molar-refractivity contribution >= 4 is 11.9 Å². The third-order valence-corrected chi connectivity index (χ3v) is 8.16. The average molecular weight is 441 g/mol. The summed E-state index contributed by atoms with van der Waals surface area (Å²) in [4.78, 5) is 34.4. The first-order valence-corrected chi connectivity index (χ1v) is 12.2. The molecule has 0 bridgehead atoms. The summed E-state index contributed by atoms with van der Waals surface area (Å²) in [6.07, 6.45) is 3.61. The van der Waals surface area contributed by atoms with Crippen LogP contribution in [0, 0.1) is 0 Å². The van der Waals surface area contributed by atoms with Crippen molar-refractivity contribution in [2.45, 2.75) is 37.0 Å². The Hall–Kier alpha value is -2.12. The van der Waals surface area contributed by atoms with Crippen molar-refractivity contribution in [1.82, 2.24) is 19.6 Å². The van der Waals surface area contributed by atoms with E-state index < -0.39 is 0 Å². The number of morpholine rings is 1. The standard InChI is InChI=1S/C25H36N4O3/c1-26-10-12-27(13-11-26)23(30)18-20-19-25(22-5-3-2-4-21(20)22)6-8-28(9-7-25)24(31)29-14-16-32-17-15-29/h2-5,20H,6-19H2,1H3. The van der Waals surface area contributed by atoms with E-state index in [4.69, 9.17) is 4.74 Å². The highest BCUT2D eigenvalue weighted by molar-refractivity contribution is 5.78. The van der Waals surface area contributed by atoms with Crippen LogP contribution in [-0.4, -0.2) is 104 Å². The highest BCUT2D eigenvalue weighted by atomic mass is 16.5. The molecule has 174 valence electrons. The van der Waals surface area contributed by atoms with Gasteiger partial charge in [-0.3, -0.25) is 4.79 Å². The predicted molar refractivity (Wildman–Crippen MR) is 123 cm³/mol. The van der Waals surface area contributed by atoms with Crippen LogP contribution in [0.1, 0.15) is 42.7 Å². The number of hydrogen-bond donors (Lipinski definition) is 0. The Morgan fingerprint density at radius 2 is 1.56 bits per heavy atom. The summed E-state index contributed by atoms with van der Waals surface area (Å²) in [5.74, 6) is 0.592. The number of benzene rings is 1. The van der Waals surface area contributed by atoms with Crippen LogP contribution in [0.3, 0.4) is 0 Å². The Morgan fingerprint density at radius 3 is 2.28 bits per heavy atom. The molecule has 1 aromatic rings. The Balaban J connectivity index is 1.25. The molecule has 1 atom stereocenters. The lowest BCUT2D eigenvalue weighted by molar-refractivity contribution is -0.133. The smallest absolute Gasteiger partial charge is 0.320 e. The van der Waals surface area contributed by atoms with Gasteiger partial charge in [-0.15, -0.1) is 0 Å². The second-order valence-corrected chi connectivity index (χ2v) is 10.0. The van der Waals surface area contributed by atoms with Crippen LogP contribution in [0.15, 0.2) is 24.3 Å². The fraction of sp³-hybridized carbons (Fsp3) is 0.680. The van der Waals surface area contributed by atoms with Crippen molar-refractivity contribution in [2.75, 3.05) is 72.6 Å². The van der Waals surface area contributed by atoms with Crippen LogP contribution in [-0.2, 0) is 14.9 Å². The van der Waals surface area contributed by atoms with E-state index >= 15 is 0 Å². The van der Waals surface area contributed by atoms with E-state index in [2.05, 4.69) is 41.1 Å². The Morgan fingerprint density at radius 1 is 0.906 bits per heavy atom.